The number of aliphatic hydroxyl groups excluding tert-OH is 1. The molecule has 0 aromatic rings. The minimum absolute atomic E-state index is 0.171. The predicted octanol–water partition coefficient (Wildman–Crippen LogP) is 3.10. The molecule has 0 heterocycles. The molecule has 96 valence electrons. The van der Waals surface area contributed by atoms with Crippen molar-refractivity contribution in [1.29, 1.82) is 0 Å². The third-order valence-electron chi connectivity index (χ3n) is 4.02. The van der Waals surface area contributed by atoms with Crippen LogP contribution in [0, 0.1) is 5.92 Å². The van der Waals surface area contributed by atoms with E-state index in [0.29, 0.717) is 12.0 Å². The smallest absolute Gasteiger partial charge is 0.0690 e. The molecule has 2 unspecified atom stereocenters. The Hall–Kier alpha value is -0.0800. The van der Waals surface area contributed by atoms with E-state index in [-0.39, 0.29) is 6.10 Å². The molecule has 1 rings (SSSR count). The lowest BCUT2D eigenvalue weighted by molar-refractivity contribution is 0.108. The highest BCUT2D eigenvalue weighted by Gasteiger charge is 2.15. The first-order valence-corrected chi connectivity index (χ1v) is 7.15. The lowest BCUT2D eigenvalue weighted by Crippen LogP contribution is -2.38. The molecule has 1 aliphatic rings. The SMILES string of the molecule is CCC(C)C(O)CNC1CCCCCCC1. The van der Waals surface area contributed by atoms with E-state index in [1.807, 2.05) is 0 Å². The Morgan fingerprint density at radius 2 is 1.69 bits per heavy atom. The molecule has 0 saturated heterocycles. The number of nitrogens with one attached hydrogen (secondary N) is 1. The summed E-state index contributed by atoms with van der Waals surface area (Å²) in [5.41, 5.74) is 0. The number of aliphatic hydroxyl groups is 1. The van der Waals surface area contributed by atoms with Crippen LogP contribution in [0.1, 0.15) is 65.2 Å². The molecule has 0 aromatic heterocycles. The molecule has 2 atom stereocenters. The van der Waals surface area contributed by atoms with Gasteiger partial charge in [0.05, 0.1) is 6.10 Å². The highest BCUT2D eigenvalue weighted by atomic mass is 16.3. The highest BCUT2D eigenvalue weighted by Crippen LogP contribution is 2.17. The molecule has 2 heteroatoms. The molecule has 1 fully saturated rings. The van der Waals surface area contributed by atoms with Crippen LogP contribution in [-0.2, 0) is 0 Å². The first kappa shape index (κ1) is 14.0. The number of rotatable bonds is 5. The molecule has 1 aliphatic carbocycles. The average molecular weight is 227 g/mol. The standard InChI is InChI=1S/C14H29NO/c1-3-12(2)14(16)11-15-13-9-7-5-4-6-8-10-13/h12-16H,3-11H2,1-2H3. The summed E-state index contributed by atoms with van der Waals surface area (Å²) in [7, 11) is 0. The first-order chi connectivity index (χ1) is 7.74. The van der Waals surface area contributed by atoms with Gasteiger partial charge in [-0.15, -0.1) is 0 Å². The quantitative estimate of drug-likeness (QED) is 0.756. The maximum absolute atomic E-state index is 9.91. The van der Waals surface area contributed by atoms with Crippen LogP contribution >= 0.6 is 0 Å². The van der Waals surface area contributed by atoms with Crippen LogP contribution < -0.4 is 5.32 Å². The highest BCUT2D eigenvalue weighted by molar-refractivity contribution is 4.73. The largest absolute Gasteiger partial charge is 0.392 e. The second-order valence-corrected chi connectivity index (χ2v) is 5.40. The van der Waals surface area contributed by atoms with Gasteiger partial charge in [0.15, 0.2) is 0 Å². The summed E-state index contributed by atoms with van der Waals surface area (Å²) in [5, 5.41) is 13.5. The Morgan fingerprint density at radius 1 is 1.12 bits per heavy atom. The third-order valence-corrected chi connectivity index (χ3v) is 4.02. The zero-order valence-corrected chi connectivity index (χ0v) is 11.0. The topological polar surface area (TPSA) is 32.3 Å². The molecule has 0 bridgehead atoms. The van der Waals surface area contributed by atoms with Gasteiger partial charge in [0.1, 0.15) is 0 Å². The van der Waals surface area contributed by atoms with Gasteiger partial charge in [-0.3, -0.25) is 0 Å². The van der Waals surface area contributed by atoms with Crippen molar-refractivity contribution < 1.29 is 5.11 Å². The van der Waals surface area contributed by atoms with E-state index in [9.17, 15) is 5.11 Å². The number of hydrogen-bond acceptors (Lipinski definition) is 2. The van der Waals surface area contributed by atoms with Crippen LogP contribution in [-0.4, -0.2) is 23.8 Å². The van der Waals surface area contributed by atoms with Crippen molar-refractivity contribution in [2.75, 3.05) is 6.54 Å². The summed E-state index contributed by atoms with van der Waals surface area (Å²) in [6.07, 6.45) is 10.4. The monoisotopic (exact) mass is 227 g/mol. The van der Waals surface area contributed by atoms with Crippen molar-refractivity contribution in [3.8, 4) is 0 Å². The molecule has 0 amide bonds. The van der Waals surface area contributed by atoms with E-state index in [1.54, 1.807) is 0 Å². The van der Waals surface area contributed by atoms with Crippen LogP contribution in [0.4, 0.5) is 0 Å². The molecule has 2 N–H and O–H groups in total. The van der Waals surface area contributed by atoms with Crippen molar-refractivity contribution in [3.63, 3.8) is 0 Å². The summed E-state index contributed by atoms with van der Waals surface area (Å²) in [6, 6.07) is 0.652. The maximum atomic E-state index is 9.91. The summed E-state index contributed by atoms with van der Waals surface area (Å²) in [4.78, 5) is 0. The van der Waals surface area contributed by atoms with Crippen molar-refractivity contribution in [2.45, 2.75) is 77.4 Å². The Bertz CT molecular complexity index is 164. The normalized spacial score (nSPS) is 23.4. The summed E-state index contributed by atoms with van der Waals surface area (Å²) >= 11 is 0. The van der Waals surface area contributed by atoms with Crippen molar-refractivity contribution >= 4 is 0 Å². The Balaban J connectivity index is 2.18. The number of hydrogen-bond donors (Lipinski definition) is 2. The average Bonchev–Trinajstić information content (AvgIpc) is 2.26. The van der Waals surface area contributed by atoms with Crippen LogP contribution in [0.15, 0.2) is 0 Å². The van der Waals surface area contributed by atoms with Crippen molar-refractivity contribution in [2.24, 2.45) is 5.92 Å². The van der Waals surface area contributed by atoms with Gasteiger partial charge in [0.25, 0.3) is 0 Å². The van der Waals surface area contributed by atoms with Gasteiger partial charge in [-0.25, -0.2) is 0 Å². The van der Waals surface area contributed by atoms with E-state index in [2.05, 4.69) is 19.2 Å². The van der Waals surface area contributed by atoms with Crippen LogP contribution in [0.2, 0.25) is 0 Å². The van der Waals surface area contributed by atoms with Crippen LogP contribution in [0.5, 0.6) is 0 Å². The Labute approximate surface area is 101 Å². The van der Waals surface area contributed by atoms with Gasteiger partial charge in [-0.1, -0.05) is 52.4 Å². The Morgan fingerprint density at radius 3 is 2.25 bits per heavy atom. The maximum Gasteiger partial charge on any atom is 0.0690 e. The van der Waals surface area contributed by atoms with E-state index in [0.717, 1.165) is 13.0 Å². The minimum atomic E-state index is -0.171. The minimum Gasteiger partial charge on any atom is -0.392 e. The fourth-order valence-corrected chi connectivity index (χ4v) is 2.42. The summed E-state index contributed by atoms with van der Waals surface area (Å²) in [5.74, 6) is 0.418. The van der Waals surface area contributed by atoms with Crippen LogP contribution in [0.25, 0.3) is 0 Å². The zero-order valence-electron chi connectivity index (χ0n) is 11.0. The van der Waals surface area contributed by atoms with Gasteiger partial charge in [-0.05, 0) is 18.8 Å². The van der Waals surface area contributed by atoms with Crippen molar-refractivity contribution in [1.82, 2.24) is 5.32 Å². The molecule has 2 nitrogen and oxygen atoms in total. The van der Waals surface area contributed by atoms with Gasteiger partial charge < -0.3 is 10.4 Å². The Kier molecular flexibility index (Phi) is 7.06. The first-order valence-electron chi connectivity index (χ1n) is 7.15. The molecule has 1 saturated carbocycles. The fraction of sp³-hybridized carbons (Fsp3) is 1.00. The van der Waals surface area contributed by atoms with Gasteiger partial charge in [-0.2, -0.15) is 0 Å². The zero-order chi connectivity index (χ0) is 11.8. The fourth-order valence-electron chi connectivity index (χ4n) is 2.42. The lowest BCUT2D eigenvalue weighted by atomic mass is 9.96. The van der Waals surface area contributed by atoms with Crippen molar-refractivity contribution in [3.05, 3.63) is 0 Å². The second kappa shape index (κ2) is 8.08. The van der Waals surface area contributed by atoms with Gasteiger partial charge in [0, 0.05) is 12.6 Å². The van der Waals surface area contributed by atoms with E-state index >= 15 is 0 Å². The molecule has 0 spiro atoms. The predicted molar refractivity (Wildman–Crippen MR) is 69.6 cm³/mol. The lowest BCUT2D eigenvalue weighted by Gasteiger charge is -2.24. The molecule has 0 aromatic carbocycles. The van der Waals surface area contributed by atoms with Gasteiger partial charge >= 0.3 is 0 Å². The molecule has 0 radical (unpaired) electrons. The third kappa shape index (κ3) is 5.31. The summed E-state index contributed by atoms with van der Waals surface area (Å²) < 4.78 is 0. The van der Waals surface area contributed by atoms with E-state index < -0.39 is 0 Å². The van der Waals surface area contributed by atoms with Gasteiger partial charge in [0.2, 0.25) is 0 Å². The molecular weight excluding hydrogens is 198 g/mol. The van der Waals surface area contributed by atoms with E-state index in [4.69, 9.17) is 0 Å². The molecule has 16 heavy (non-hydrogen) atoms. The molecular formula is C14H29NO. The second-order valence-electron chi connectivity index (χ2n) is 5.40. The van der Waals surface area contributed by atoms with Crippen LogP contribution in [0.3, 0.4) is 0 Å². The van der Waals surface area contributed by atoms with E-state index in [1.165, 1.54) is 44.9 Å². The summed E-state index contributed by atoms with van der Waals surface area (Å²) in [6.45, 7) is 5.05. The molecule has 0 aliphatic heterocycles.